The fourth-order valence-corrected chi connectivity index (χ4v) is 3.05. The van der Waals surface area contributed by atoms with E-state index in [0.29, 0.717) is 16.9 Å². The Balaban J connectivity index is 2.94. The lowest BCUT2D eigenvalue weighted by Crippen LogP contribution is -2.17. The first kappa shape index (κ1) is 21.1. The van der Waals surface area contributed by atoms with E-state index in [1.54, 1.807) is 6.08 Å². The molecule has 0 aromatic heterocycles. The van der Waals surface area contributed by atoms with Crippen molar-refractivity contribution in [2.75, 3.05) is 12.4 Å². The number of ketones is 1. The highest BCUT2D eigenvalue weighted by atomic mass is 32.2. The van der Waals surface area contributed by atoms with Crippen LogP contribution < -0.4 is 4.74 Å². The summed E-state index contributed by atoms with van der Waals surface area (Å²) < 4.78 is 40.5. The number of carbonyl (C=O) groups is 1. The van der Waals surface area contributed by atoms with E-state index in [1.165, 1.54) is 48.2 Å². The highest BCUT2D eigenvalue weighted by molar-refractivity contribution is 7.99. The number of allylic oxidation sites excluding steroid dienone is 4. The molecule has 0 radical (unpaired) electrons. The van der Waals surface area contributed by atoms with Crippen molar-refractivity contribution in [2.45, 2.75) is 18.0 Å². The van der Waals surface area contributed by atoms with Crippen molar-refractivity contribution >= 4 is 17.5 Å². The number of aliphatic hydroxyl groups is 1. The lowest BCUT2D eigenvalue weighted by molar-refractivity contribution is -0.274. The monoisotopic (exact) mass is 372 g/mol. The number of Topliss-reactive ketones (excluding diaryl/α,β-unsaturated/α-hetero) is 1. The Hall–Kier alpha value is -1.99. The Kier molecular flexibility index (Phi) is 8.51. The molecule has 0 saturated heterocycles. The minimum absolute atomic E-state index is 0.0680. The summed E-state index contributed by atoms with van der Waals surface area (Å²) in [6.07, 6.45) is -0.178. The Labute approximate surface area is 148 Å². The predicted octanol–water partition coefficient (Wildman–Crippen LogP) is 4.61. The summed E-state index contributed by atoms with van der Waals surface area (Å²) in [6.45, 7) is 7.05. The molecule has 1 aromatic carbocycles. The number of aliphatic hydroxyl groups excluding tert-OH is 1. The lowest BCUT2D eigenvalue weighted by Gasteiger charge is -2.17. The van der Waals surface area contributed by atoms with Crippen LogP contribution in [0.1, 0.15) is 17.2 Å². The van der Waals surface area contributed by atoms with E-state index in [9.17, 15) is 18.0 Å². The number of carbonyl (C=O) groups excluding carboxylic acids is 1. The molecule has 1 N–H and O–H groups in total. The molecule has 0 heterocycles. The standard InChI is InChI=1S/C18H19F3O3S/c1-3-5-13(4-2)16(23)12-17(25-11-10-22)14-6-8-15(9-7-14)24-18(19,20)21/h3-9,17,22H,1-2,10-12H2/b13-5+. The van der Waals surface area contributed by atoms with Gasteiger partial charge in [0.05, 0.1) is 6.61 Å². The molecular formula is C18H19F3O3S. The number of hydrogen-bond donors (Lipinski definition) is 1. The molecule has 0 aliphatic carbocycles. The zero-order chi connectivity index (χ0) is 18.9. The third kappa shape index (κ3) is 7.62. The van der Waals surface area contributed by atoms with Gasteiger partial charge in [0, 0.05) is 23.0 Å². The molecule has 1 aromatic rings. The Morgan fingerprint density at radius 3 is 2.40 bits per heavy atom. The number of ether oxygens (including phenoxy) is 1. The van der Waals surface area contributed by atoms with Crippen molar-refractivity contribution in [3.8, 4) is 5.75 Å². The summed E-state index contributed by atoms with van der Waals surface area (Å²) in [6, 6.07) is 5.37. The summed E-state index contributed by atoms with van der Waals surface area (Å²) in [4.78, 5) is 12.3. The van der Waals surface area contributed by atoms with Crippen LogP contribution in [-0.2, 0) is 4.79 Å². The molecule has 1 unspecified atom stereocenters. The summed E-state index contributed by atoms with van der Waals surface area (Å²) in [7, 11) is 0. The van der Waals surface area contributed by atoms with Gasteiger partial charge in [0.25, 0.3) is 0 Å². The normalized spacial score (nSPS) is 13.2. The van der Waals surface area contributed by atoms with Crippen molar-refractivity contribution < 1.29 is 27.8 Å². The van der Waals surface area contributed by atoms with Crippen LogP contribution in [0.25, 0.3) is 0 Å². The van der Waals surface area contributed by atoms with Crippen LogP contribution >= 0.6 is 11.8 Å². The molecule has 1 atom stereocenters. The van der Waals surface area contributed by atoms with Gasteiger partial charge in [0.15, 0.2) is 5.78 Å². The predicted molar refractivity (Wildman–Crippen MR) is 93.5 cm³/mol. The highest BCUT2D eigenvalue weighted by Crippen LogP contribution is 2.34. The van der Waals surface area contributed by atoms with Gasteiger partial charge in [-0.15, -0.1) is 13.2 Å². The summed E-state index contributed by atoms with van der Waals surface area (Å²) >= 11 is 1.35. The summed E-state index contributed by atoms with van der Waals surface area (Å²) in [5.74, 6) is -0.0966. The molecule has 0 amide bonds. The quantitative estimate of drug-likeness (QED) is 0.481. The molecule has 136 valence electrons. The second kappa shape index (κ2) is 10.1. The molecule has 3 nitrogen and oxygen atoms in total. The van der Waals surface area contributed by atoms with Crippen LogP contribution in [0.3, 0.4) is 0 Å². The molecule has 0 aliphatic heterocycles. The summed E-state index contributed by atoms with van der Waals surface area (Å²) in [5.41, 5.74) is 1.07. The number of rotatable bonds is 10. The Morgan fingerprint density at radius 1 is 1.28 bits per heavy atom. The maximum Gasteiger partial charge on any atom is 0.573 e. The zero-order valence-corrected chi connectivity index (χ0v) is 14.3. The van der Waals surface area contributed by atoms with Crippen LogP contribution in [0, 0.1) is 0 Å². The zero-order valence-electron chi connectivity index (χ0n) is 13.5. The van der Waals surface area contributed by atoms with Gasteiger partial charge in [-0.1, -0.05) is 43.5 Å². The van der Waals surface area contributed by atoms with Crippen molar-refractivity contribution in [3.05, 3.63) is 66.8 Å². The molecule has 1 rings (SSSR count). The van der Waals surface area contributed by atoms with E-state index < -0.39 is 6.36 Å². The second-order valence-corrected chi connectivity index (χ2v) is 6.20. The first-order chi connectivity index (χ1) is 11.8. The van der Waals surface area contributed by atoms with Crippen molar-refractivity contribution in [1.82, 2.24) is 0 Å². The van der Waals surface area contributed by atoms with Crippen molar-refractivity contribution in [2.24, 2.45) is 0 Å². The topological polar surface area (TPSA) is 46.5 Å². The SMILES string of the molecule is C=C/C=C(\C=C)C(=O)CC(SCCO)c1ccc(OC(F)(F)F)cc1. The highest BCUT2D eigenvalue weighted by Gasteiger charge is 2.31. The smallest absolute Gasteiger partial charge is 0.406 e. The van der Waals surface area contributed by atoms with Crippen LogP contribution in [0.2, 0.25) is 0 Å². The number of hydrogen-bond acceptors (Lipinski definition) is 4. The van der Waals surface area contributed by atoms with E-state index >= 15 is 0 Å². The van der Waals surface area contributed by atoms with E-state index in [0.717, 1.165) is 0 Å². The first-order valence-corrected chi connectivity index (χ1v) is 8.42. The van der Waals surface area contributed by atoms with E-state index in [4.69, 9.17) is 5.11 Å². The minimum atomic E-state index is -4.75. The fraction of sp³-hybridized carbons (Fsp3) is 0.278. The molecular weight excluding hydrogens is 353 g/mol. The number of alkyl halides is 3. The van der Waals surface area contributed by atoms with Crippen molar-refractivity contribution in [3.63, 3.8) is 0 Å². The van der Waals surface area contributed by atoms with E-state index in [1.807, 2.05) is 0 Å². The van der Waals surface area contributed by atoms with Crippen LogP contribution in [-0.4, -0.2) is 29.6 Å². The summed E-state index contributed by atoms with van der Waals surface area (Å²) in [5, 5.41) is 8.70. The third-order valence-electron chi connectivity index (χ3n) is 3.11. The molecule has 0 aliphatic rings. The molecule has 0 spiro atoms. The molecule has 7 heteroatoms. The van der Waals surface area contributed by atoms with E-state index in [-0.39, 0.29) is 29.8 Å². The van der Waals surface area contributed by atoms with Gasteiger partial charge in [-0.25, -0.2) is 0 Å². The minimum Gasteiger partial charge on any atom is -0.406 e. The number of thioether (sulfide) groups is 1. The fourth-order valence-electron chi connectivity index (χ4n) is 2.04. The Bertz CT molecular complexity index is 621. The van der Waals surface area contributed by atoms with Crippen molar-refractivity contribution in [1.29, 1.82) is 0 Å². The van der Waals surface area contributed by atoms with Gasteiger partial charge < -0.3 is 9.84 Å². The Morgan fingerprint density at radius 2 is 1.92 bits per heavy atom. The molecule has 0 fully saturated rings. The number of benzene rings is 1. The average molecular weight is 372 g/mol. The third-order valence-corrected chi connectivity index (χ3v) is 4.37. The molecule has 25 heavy (non-hydrogen) atoms. The van der Waals surface area contributed by atoms with Crippen LogP contribution in [0.5, 0.6) is 5.75 Å². The van der Waals surface area contributed by atoms with Gasteiger partial charge >= 0.3 is 6.36 Å². The molecule has 0 saturated carbocycles. The van der Waals surface area contributed by atoms with Gasteiger partial charge in [-0.05, 0) is 17.7 Å². The largest absolute Gasteiger partial charge is 0.573 e. The molecule has 0 bridgehead atoms. The van der Waals surface area contributed by atoms with Gasteiger partial charge in [-0.3, -0.25) is 4.79 Å². The number of halogens is 3. The van der Waals surface area contributed by atoms with Gasteiger partial charge in [-0.2, -0.15) is 11.8 Å². The average Bonchev–Trinajstić information content (AvgIpc) is 2.55. The van der Waals surface area contributed by atoms with Crippen LogP contribution in [0.15, 0.2) is 61.2 Å². The maximum absolute atomic E-state index is 12.3. The van der Waals surface area contributed by atoms with E-state index in [2.05, 4.69) is 17.9 Å². The van der Waals surface area contributed by atoms with Gasteiger partial charge in [0.1, 0.15) is 5.75 Å². The first-order valence-electron chi connectivity index (χ1n) is 7.37. The second-order valence-electron chi connectivity index (χ2n) is 4.89. The van der Waals surface area contributed by atoms with Gasteiger partial charge in [0.2, 0.25) is 0 Å². The van der Waals surface area contributed by atoms with Crippen LogP contribution in [0.4, 0.5) is 13.2 Å². The maximum atomic E-state index is 12.3. The lowest BCUT2D eigenvalue weighted by atomic mass is 10.0.